The van der Waals surface area contributed by atoms with E-state index in [0.29, 0.717) is 18.8 Å². The van der Waals surface area contributed by atoms with Gasteiger partial charge < -0.3 is 9.15 Å². The van der Waals surface area contributed by atoms with Crippen LogP contribution in [-0.4, -0.2) is 24.8 Å². The van der Waals surface area contributed by atoms with Gasteiger partial charge >= 0.3 is 0 Å². The van der Waals surface area contributed by atoms with Crippen LogP contribution < -0.4 is 0 Å². The lowest BCUT2D eigenvalue weighted by molar-refractivity contribution is -0.119. The molecule has 2 aromatic rings. The van der Waals surface area contributed by atoms with Crippen LogP contribution in [0.3, 0.4) is 0 Å². The van der Waals surface area contributed by atoms with Gasteiger partial charge in [0.2, 0.25) is 5.78 Å². The molecule has 0 aliphatic heterocycles. The molecule has 0 atom stereocenters. The van der Waals surface area contributed by atoms with Gasteiger partial charge in [-0.05, 0) is 19.1 Å². The van der Waals surface area contributed by atoms with E-state index in [9.17, 15) is 9.59 Å². The van der Waals surface area contributed by atoms with E-state index >= 15 is 0 Å². The van der Waals surface area contributed by atoms with E-state index in [1.54, 1.807) is 12.1 Å². The molecule has 4 nitrogen and oxygen atoms in total. The first-order valence-corrected chi connectivity index (χ1v) is 6.32. The van der Waals surface area contributed by atoms with Gasteiger partial charge in [0, 0.05) is 18.4 Å². The lowest BCUT2D eigenvalue weighted by Gasteiger charge is -1.99. The van der Waals surface area contributed by atoms with Crippen molar-refractivity contribution in [3.8, 4) is 0 Å². The molecule has 0 saturated carbocycles. The summed E-state index contributed by atoms with van der Waals surface area (Å²) < 4.78 is 10.5. The Labute approximate surface area is 111 Å². The average molecular weight is 260 g/mol. The zero-order valence-corrected chi connectivity index (χ0v) is 10.8. The molecule has 1 heterocycles. The van der Waals surface area contributed by atoms with Crippen molar-refractivity contribution in [2.45, 2.75) is 19.8 Å². The predicted molar refractivity (Wildman–Crippen MR) is 71.3 cm³/mol. The van der Waals surface area contributed by atoms with Gasteiger partial charge in [-0.25, -0.2) is 0 Å². The van der Waals surface area contributed by atoms with Crippen LogP contribution in [0.2, 0.25) is 0 Å². The molecular weight excluding hydrogens is 244 g/mol. The van der Waals surface area contributed by atoms with Crippen molar-refractivity contribution in [1.82, 2.24) is 0 Å². The third-order valence-electron chi connectivity index (χ3n) is 2.79. The SMILES string of the molecule is CCOCCC(=O)CC(=O)c1cc2ccccc2o1. The van der Waals surface area contributed by atoms with Crippen LogP contribution in [-0.2, 0) is 9.53 Å². The van der Waals surface area contributed by atoms with Gasteiger partial charge in [-0.1, -0.05) is 18.2 Å². The molecule has 0 N–H and O–H groups in total. The van der Waals surface area contributed by atoms with Gasteiger partial charge in [0.05, 0.1) is 13.0 Å². The minimum absolute atomic E-state index is 0.126. The standard InChI is InChI=1S/C15H16O4/c1-2-18-8-7-12(16)10-13(17)15-9-11-5-3-4-6-14(11)19-15/h3-6,9H,2,7-8,10H2,1H3. The van der Waals surface area contributed by atoms with E-state index in [2.05, 4.69) is 0 Å². The number of benzene rings is 1. The largest absolute Gasteiger partial charge is 0.453 e. The highest BCUT2D eigenvalue weighted by atomic mass is 16.5. The lowest BCUT2D eigenvalue weighted by Crippen LogP contribution is -2.10. The molecular formula is C15H16O4. The summed E-state index contributed by atoms with van der Waals surface area (Å²) in [5, 5.41) is 0.868. The van der Waals surface area contributed by atoms with Gasteiger partial charge in [0.15, 0.2) is 5.76 Å². The number of rotatable bonds is 7. The quantitative estimate of drug-likeness (QED) is 0.436. The number of carbonyl (C=O) groups excluding carboxylic acids is 2. The summed E-state index contributed by atoms with van der Waals surface area (Å²) in [6.45, 7) is 2.80. The number of carbonyl (C=O) groups is 2. The maximum Gasteiger partial charge on any atom is 0.205 e. The summed E-state index contributed by atoms with van der Waals surface area (Å²) in [6, 6.07) is 9.05. The number of ether oxygens (including phenoxy) is 1. The van der Waals surface area contributed by atoms with Crippen LogP contribution in [0.4, 0.5) is 0 Å². The Morgan fingerprint density at radius 3 is 2.79 bits per heavy atom. The third kappa shape index (κ3) is 3.51. The van der Waals surface area contributed by atoms with E-state index < -0.39 is 0 Å². The van der Waals surface area contributed by atoms with Gasteiger partial charge in [-0.2, -0.15) is 0 Å². The zero-order valence-electron chi connectivity index (χ0n) is 10.8. The topological polar surface area (TPSA) is 56.5 Å². The Bertz CT molecular complexity index is 550. The fourth-order valence-corrected chi connectivity index (χ4v) is 1.80. The fourth-order valence-electron chi connectivity index (χ4n) is 1.80. The molecule has 2 rings (SSSR count). The molecule has 0 unspecified atom stereocenters. The predicted octanol–water partition coefficient (Wildman–Crippen LogP) is 3.00. The minimum atomic E-state index is -0.280. The van der Waals surface area contributed by atoms with Crippen molar-refractivity contribution in [2.24, 2.45) is 0 Å². The molecule has 0 bridgehead atoms. The maximum absolute atomic E-state index is 11.9. The van der Waals surface area contributed by atoms with Crippen molar-refractivity contribution in [3.05, 3.63) is 36.1 Å². The van der Waals surface area contributed by atoms with Crippen molar-refractivity contribution in [2.75, 3.05) is 13.2 Å². The summed E-state index contributed by atoms with van der Waals surface area (Å²) in [4.78, 5) is 23.5. The van der Waals surface area contributed by atoms with E-state index in [1.807, 2.05) is 25.1 Å². The van der Waals surface area contributed by atoms with Crippen LogP contribution in [0.25, 0.3) is 11.0 Å². The number of hydrogen-bond donors (Lipinski definition) is 0. The molecule has 0 amide bonds. The van der Waals surface area contributed by atoms with Crippen molar-refractivity contribution < 1.29 is 18.7 Å². The molecule has 0 aliphatic carbocycles. The number of ketones is 2. The normalized spacial score (nSPS) is 10.8. The van der Waals surface area contributed by atoms with Crippen molar-refractivity contribution >= 4 is 22.5 Å². The van der Waals surface area contributed by atoms with E-state index in [1.165, 1.54) is 0 Å². The number of furan rings is 1. The van der Waals surface area contributed by atoms with Crippen LogP contribution >= 0.6 is 0 Å². The molecule has 0 aliphatic rings. The van der Waals surface area contributed by atoms with E-state index in [-0.39, 0.29) is 30.2 Å². The molecule has 0 fully saturated rings. The van der Waals surface area contributed by atoms with E-state index in [0.717, 1.165) is 5.39 Å². The molecule has 1 aromatic heterocycles. The Balaban J connectivity index is 1.97. The van der Waals surface area contributed by atoms with Crippen molar-refractivity contribution in [3.63, 3.8) is 0 Å². The maximum atomic E-state index is 11.9. The molecule has 0 spiro atoms. The lowest BCUT2D eigenvalue weighted by atomic mass is 10.1. The Kier molecular flexibility index (Phi) is 4.47. The van der Waals surface area contributed by atoms with Crippen molar-refractivity contribution in [1.29, 1.82) is 0 Å². The number of Topliss-reactive ketones (excluding diaryl/α,β-unsaturated/α-hetero) is 2. The summed E-state index contributed by atoms with van der Waals surface area (Å²) >= 11 is 0. The van der Waals surface area contributed by atoms with Gasteiger partial charge in [-0.15, -0.1) is 0 Å². The fraction of sp³-hybridized carbons (Fsp3) is 0.333. The highest BCUT2D eigenvalue weighted by Gasteiger charge is 2.15. The molecule has 4 heteroatoms. The summed E-state index contributed by atoms with van der Waals surface area (Å²) in [6.07, 6.45) is 0.132. The first kappa shape index (κ1) is 13.5. The summed E-state index contributed by atoms with van der Waals surface area (Å²) in [5.74, 6) is -0.164. The first-order valence-electron chi connectivity index (χ1n) is 6.32. The molecule has 1 aromatic carbocycles. The Morgan fingerprint density at radius 1 is 1.26 bits per heavy atom. The Morgan fingerprint density at radius 2 is 2.05 bits per heavy atom. The molecule has 19 heavy (non-hydrogen) atoms. The second kappa shape index (κ2) is 6.29. The van der Waals surface area contributed by atoms with E-state index in [4.69, 9.17) is 9.15 Å². The molecule has 100 valence electrons. The smallest absolute Gasteiger partial charge is 0.205 e. The van der Waals surface area contributed by atoms with Gasteiger partial charge in [0.1, 0.15) is 11.4 Å². The highest BCUT2D eigenvalue weighted by molar-refractivity contribution is 6.08. The summed E-state index contributed by atoms with van der Waals surface area (Å²) in [7, 11) is 0. The minimum Gasteiger partial charge on any atom is -0.453 e. The van der Waals surface area contributed by atoms with Gasteiger partial charge in [0.25, 0.3) is 0 Å². The van der Waals surface area contributed by atoms with Crippen LogP contribution in [0.15, 0.2) is 34.7 Å². The molecule has 0 radical (unpaired) electrons. The second-order valence-corrected chi connectivity index (χ2v) is 4.23. The van der Waals surface area contributed by atoms with Crippen LogP contribution in [0, 0.1) is 0 Å². The zero-order chi connectivity index (χ0) is 13.7. The second-order valence-electron chi connectivity index (χ2n) is 4.23. The Hall–Kier alpha value is -1.94. The number of hydrogen-bond acceptors (Lipinski definition) is 4. The number of fused-ring (bicyclic) bond motifs is 1. The molecule has 0 saturated heterocycles. The third-order valence-corrected chi connectivity index (χ3v) is 2.79. The van der Waals surface area contributed by atoms with Crippen LogP contribution in [0.5, 0.6) is 0 Å². The highest BCUT2D eigenvalue weighted by Crippen LogP contribution is 2.20. The average Bonchev–Trinajstić information content (AvgIpc) is 2.83. The van der Waals surface area contributed by atoms with Gasteiger partial charge in [-0.3, -0.25) is 9.59 Å². The van der Waals surface area contributed by atoms with Crippen LogP contribution in [0.1, 0.15) is 30.3 Å². The number of para-hydroxylation sites is 1. The summed E-state index contributed by atoms with van der Waals surface area (Å²) in [5.41, 5.74) is 0.660. The first-order chi connectivity index (χ1) is 9.20. The monoisotopic (exact) mass is 260 g/mol.